The summed E-state index contributed by atoms with van der Waals surface area (Å²) in [5.41, 5.74) is 6.28. The molecule has 1 aliphatic rings. The van der Waals surface area contributed by atoms with Crippen molar-refractivity contribution in [3.05, 3.63) is 29.8 Å². The van der Waals surface area contributed by atoms with E-state index in [9.17, 15) is 13.2 Å². The first-order valence-electron chi connectivity index (χ1n) is 8.99. The number of guanidine groups is 1. The maximum absolute atomic E-state index is 12.1. The van der Waals surface area contributed by atoms with Gasteiger partial charge in [0.15, 0.2) is 5.96 Å². The SMILES string of the molecule is CN=C(NCc1ccc(S(=O)(=O)N(C)C)cc1)N1CCCC(CC(N)=O)C1.I. The summed E-state index contributed by atoms with van der Waals surface area (Å²) in [6.07, 6.45) is 2.39. The van der Waals surface area contributed by atoms with Crippen molar-refractivity contribution in [2.24, 2.45) is 16.6 Å². The standard InChI is InChI=1S/C18H29N5O3S.HI/c1-20-18(23-10-4-5-15(13-23)11-17(19)24)21-12-14-6-8-16(9-7-14)27(25,26)22(2)3;/h6-9,15H,4-5,10-13H2,1-3H3,(H2,19,24)(H,20,21);1H. The number of likely N-dealkylation sites (tertiary alicyclic amines) is 1. The number of nitrogens with one attached hydrogen (secondary N) is 1. The van der Waals surface area contributed by atoms with Crippen LogP contribution in [-0.4, -0.2) is 63.7 Å². The third-order valence-electron chi connectivity index (χ3n) is 4.67. The van der Waals surface area contributed by atoms with Crippen molar-refractivity contribution in [2.75, 3.05) is 34.2 Å². The molecule has 1 unspecified atom stereocenters. The third kappa shape index (κ3) is 6.59. The number of primary amides is 1. The monoisotopic (exact) mass is 523 g/mol. The molecule has 3 N–H and O–H groups in total. The summed E-state index contributed by atoms with van der Waals surface area (Å²) in [5.74, 6) is 0.761. The van der Waals surface area contributed by atoms with Crippen molar-refractivity contribution in [1.82, 2.24) is 14.5 Å². The predicted molar refractivity (Wildman–Crippen MR) is 121 cm³/mol. The number of piperidine rings is 1. The highest BCUT2D eigenvalue weighted by Crippen LogP contribution is 2.19. The second-order valence-corrected chi connectivity index (χ2v) is 9.11. The van der Waals surface area contributed by atoms with Crippen molar-refractivity contribution in [3.63, 3.8) is 0 Å². The second-order valence-electron chi connectivity index (χ2n) is 6.96. The zero-order valence-electron chi connectivity index (χ0n) is 16.6. The molecular formula is C18H30IN5O3S. The van der Waals surface area contributed by atoms with E-state index in [-0.39, 0.29) is 40.7 Å². The number of hydrogen-bond donors (Lipinski definition) is 2. The quantitative estimate of drug-likeness (QED) is 0.331. The molecule has 10 heteroatoms. The maximum Gasteiger partial charge on any atom is 0.242 e. The molecule has 1 fully saturated rings. The smallest absolute Gasteiger partial charge is 0.242 e. The first kappa shape index (κ1) is 24.6. The number of nitrogens with zero attached hydrogens (tertiary/aromatic N) is 3. The molecule has 0 radical (unpaired) electrons. The lowest BCUT2D eigenvalue weighted by Crippen LogP contribution is -2.46. The Morgan fingerprint density at radius 3 is 2.50 bits per heavy atom. The van der Waals surface area contributed by atoms with E-state index in [1.165, 1.54) is 18.4 Å². The van der Waals surface area contributed by atoms with Gasteiger partial charge in [0.25, 0.3) is 0 Å². The average Bonchev–Trinajstić information content (AvgIpc) is 2.62. The van der Waals surface area contributed by atoms with Crippen LogP contribution in [0.4, 0.5) is 0 Å². The fourth-order valence-corrected chi connectivity index (χ4v) is 4.11. The van der Waals surface area contributed by atoms with Gasteiger partial charge in [-0.3, -0.25) is 9.79 Å². The van der Waals surface area contributed by atoms with Crippen LogP contribution in [0.15, 0.2) is 34.2 Å². The van der Waals surface area contributed by atoms with Gasteiger partial charge in [-0.15, -0.1) is 24.0 Å². The number of benzene rings is 1. The van der Waals surface area contributed by atoms with Gasteiger partial charge in [0, 0.05) is 47.2 Å². The molecule has 1 heterocycles. The van der Waals surface area contributed by atoms with Crippen LogP contribution >= 0.6 is 24.0 Å². The Kier molecular flexibility index (Phi) is 9.64. The molecule has 1 amide bonds. The number of halogens is 1. The van der Waals surface area contributed by atoms with Crippen LogP contribution < -0.4 is 11.1 Å². The number of rotatable bonds is 6. The third-order valence-corrected chi connectivity index (χ3v) is 6.50. The van der Waals surface area contributed by atoms with Crippen LogP contribution in [0.2, 0.25) is 0 Å². The molecule has 1 aromatic rings. The maximum atomic E-state index is 12.1. The Balaban J connectivity index is 0.00000392. The Morgan fingerprint density at radius 2 is 1.96 bits per heavy atom. The molecule has 1 saturated heterocycles. The Morgan fingerprint density at radius 1 is 1.32 bits per heavy atom. The summed E-state index contributed by atoms with van der Waals surface area (Å²) in [5, 5.41) is 3.31. The van der Waals surface area contributed by atoms with E-state index in [0.717, 1.165) is 37.5 Å². The van der Waals surface area contributed by atoms with Crippen molar-refractivity contribution in [3.8, 4) is 0 Å². The van der Waals surface area contributed by atoms with E-state index in [1.54, 1.807) is 31.3 Å². The number of nitrogens with two attached hydrogens (primary N) is 1. The summed E-state index contributed by atoms with van der Waals surface area (Å²) in [4.78, 5) is 17.9. The Hall–Kier alpha value is -1.40. The Bertz CT molecular complexity index is 781. The molecule has 0 bridgehead atoms. The molecule has 0 saturated carbocycles. The minimum atomic E-state index is -3.42. The molecule has 1 aliphatic heterocycles. The predicted octanol–water partition coefficient (Wildman–Crippen LogP) is 1.22. The van der Waals surface area contributed by atoms with Gasteiger partial charge in [0.2, 0.25) is 15.9 Å². The van der Waals surface area contributed by atoms with Gasteiger partial charge in [-0.25, -0.2) is 12.7 Å². The molecule has 0 aliphatic carbocycles. The topological polar surface area (TPSA) is 108 Å². The first-order valence-corrected chi connectivity index (χ1v) is 10.4. The van der Waals surface area contributed by atoms with E-state index < -0.39 is 10.0 Å². The normalized spacial score (nSPS) is 17.9. The van der Waals surface area contributed by atoms with E-state index in [0.29, 0.717) is 13.0 Å². The van der Waals surface area contributed by atoms with Gasteiger partial charge in [0.05, 0.1) is 4.90 Å². The number of carbonyl (C=O) groups is 1. The summed E-state index contributed by atoms with van der Waals surface area (Å²) in [6.45, 7) is 2.17. The fourth-order valence-electron chi connectivity index (χ4n) is 3.21. The largest absolute Gasteiger partial charge is 0.370 e. The van der Waals surface area contributed by atoms with E-state index in [1.807, 2.05) is 0 Å². The molecule has 1 aromatic carbocycles. The summed E-state index contributed by atoms with van der Waals surface area (Å²) < 4.78 is 25.4. The van der Waals surface area contributed by atoms with Gasteiger partial charge in [0.1, 0.15) is 0 Å². The van der Waals surface area contributed by atoms with Crippen LogP contribution in [0, 0.1) is 5.92 Å². The number of aliphatic imine (C=N–C) groups is 1. The van der Waals surface area contributed by atoms with Gasteiger partial charge >= 0.3 is 0 Å². The number of sulfonamides is 1. The van der Waals surface area contributed by atoms with E-state index in [4.69, 9.17) is 5.73 Å². The van der Waals surface area contributed by atoms with E-state index in [2.05, 4.69) is 15.2 Å². The molecule has 158 valence electrons. The van der Waals surface area contributed by atoms with Crippen molar-refractivity contribution < 1.29 is 13.2 Å². The van der Waals surface area contributed by atoms with Gasteiger partial charge in [-0.05, 0) is 36.5 Å². The number of hydrogen-bond acceptors (Lipinski definition) is 4. The minimum Gasteiger partial charge on any atom is -0.370 e. The minimum absolute atomic E-state index is 0. The van der Waals surface area contributed by atoms with Crippen molar-refractivity contribution >= 4 is 45.9 Å². The lowest BCUT2D eigenvalue weighted by molar-refractivity contribution is -0.119. The summed E-state index contributed by atoms with van der Waals surface area (Å²) >= 11 is 0. The number of carbonyl (C=O) groups excluding carboxylic acids is 1. The molecule has 28 heavy (non-hydrogen) atoms. The second kappa shape index (κ2) is 11.0. The zero-order chi connectivity index (χ0) is 20.0. The average molecular weight is 523 g/mol. The van der Waals surface area contributed by atoms with Gasteiger partial charge in [-0.1, -0.05) is 12.1 Å². The molecule has 1 atom stereocenters. The molecule has 8 nitrogen and oxygen atoms in total. The van der Waals surface area contributed by atoms with Gasteiger partial charge < -0.3 is 16.0 Å². The lowest BCUT2D eigenvalue weighted by Gasteiger charge is -2.34. The Labute approximate surface area is 184 Å². The lowest BCUT2D eigenvalue weighted by atomic mass is 9.95. The highest BCUT2D eigenvalue weighted by molar-refractivity contribution is 14.0. The van der Waals surface area contributed by atoms with Crippen LogP contribution in [-0.2, 0) is 21.4 Å². The highest BCUT2D eigenvalue weighted by atomic mass is 127. The van der Waals surface area contributed by atoms with Crippen LogP contribution in [0.25, 0.3) is 0 Å². The number of amides is 1. The van der Waals surface area contributed by atoms with Crippen molar-refractivity contribution in [1.29, 1.82) is 0 Å². The molecule has 0 spiro atoms. The first-order chi connectivity index (χ1) is 12.7. The van der Waals surface area contributed by atoms with Crippen LogP contribution in [0.5, 0.6) is 0 Å². The van der Waals surface area contributed by atoms with Crippen molar-refractivity contribution in [2.45, 2.75) is 30.7 Å². The molecule has 0 aromatic heterocycles. The molecule has 2 rings (SSSR count). The fraction of sp³-hybridized carbons (Fsp3) is 0.556. The van der Waals surface area contributed by atoms with Crippen LogP contribution in [0.1, 0.15) is 24.8 Å². The van der Waals surface area contributed by atoms with Gasteiger partial charge in [-0.2, -0.15) is 0 Å². The summed E-state index contributed by atoms with van der Waals surface area (Å²) in [6, 6.07) is 6.81. The zero-order valence-corrected chi connectivity index (χ0v) is 19.7. The summed E-state index contributed by atoms with van der Waals surface area (Å²) in [7, 11) is 1.33. The highest BCUT2D eigenvalue weighted by Gasteiger charge is 2.23. The molecular weight excluding hydrogens is 493 g/mol. The van der Waals surface area contributed by atoms with E-state index >= 15 is 0 Å². The van der Waals surface area contributed by atoms with Crippen LogP contribution in [0.3, 0.4) is 0 Å².